The standard InChI is InChI=1S/C43H27N3S/c1-3-12-28(13-4-1)33-19-10-21-35-34(33)20-11-22-38(35)43-45-41(29-14-5-2-6-15-29)44-42(46-43)32-17-9-16-30(26-32)31-24-25-37-36-18-7-8-23-39(36)47-40(37)27-31/h1-27H. The minimum absolute atomic E-state index is 0.648. The SMILES string of the molecule is c1ccc(-c2nc(-c3cccc(-c4ccc5c(c4)sc4ccccc45)c3)nc(-c3cccc4c(-c5ccccc5)cccc34)n2)cc1. The van der Waals surface area contributed by atoms with Crippen LogP contribution in [0.3, 0.4) is 0 Å². The summed E-state index contributed by atoms with van der Waals surface area (Å²) in [6, 6.07) is 57.4. The summed E-state index contributed by atoms with van der Waals surface area (Å²) in [4.78, 5) is 15.2. The number of hydrogen-bond acceptors (Lipinski definition) is 4. The fourth-order valence-corrected chi connectivity index (χ4v) is 7.60. The van der Waals surface area contributed by atoms with E-state index in [4.69, 9.17) is 15.0 Å². The monoisotopic (exact) mass is 617 g/mol. The molecule has 0 saturated heterocycles. The van der Waals surface area contributed by atoms with Crippen molar-refractivity contribution in [3.05, 3.63) is 164 Å². The fourth-order valence-electron chi connectivity index (χ4n) is 6.46. The van der Waals surface area contributed by atoms with E-state index in [1.54, 1.807) is 0 Å². The van der Waals surface area contributed by atoms with Crippen molar-refractivity contribution in [3.63, 3.8) is 0 Å². The second-order valence-electron chi connectivity index (χ2n) is 11.6. The van der Waals surface area contributed by atoms with Crippen molar-refractivity contribution in [2.45, 2.75) is 0 Å². The molecule has 9 aromatic rings. The number of aromatic nitrogens is 3. The van der Waals surface area contributed by atoms with Gasteiger partial charge >= 0.3 is 0 Å². The summed E-state index contributed by atoms with van der Waals surface area (Å²) in [6.07, 6.45) is 0. The van der Waals surface area contributed by atoms with Gasteiger partial charge in [0.25, 0.3) is 0 Å². The zero-order chi connectivity index (χ0) is 31.2. The molecule has 0 atom stereocenters. The highest BCUT2D eigenvalue weighted by molar-refractivity contribution is 7.25. The predicted octanol–water partition coefficient (Wildman–Crippen LogP) is 11.7. The highest BCUT2D eigenvalue weighted by atomic mass is 32.1. The quantitative estimate of drug-likeness (QED) is 0.193. The van der Waals surface area contributed by atoms with Crippen LogP contribution in [0, 0.1) is 0 Å². The van der Waals surface area contributed by atoms with Gasteiger partial charge in [-0.1, -0.05) is 146 Å². The van der Waals surface area contributed by atoms with E-state index in [9.17, 15) is 0 Å². The van der Waals surface area contributed by atoms with Crippen molar-refractivity contribution < 1.29 is 0 Å². The lowest BCUT2D eigenvalue weighted by Crippen LogP contribution is -2.00. The average Bonchev–Trinajstić information content (AvgIpc) is 3.53. The van der Waals surface area contributed by atoms with Crippen LogP contribution in [0.2, 0.25) is 0 Å². The first kappa shape index (κ1) is 27.3. The number of fused-ring (bicyclic) bond motifs is 4. The lowest BCUT2D eigenvalue weighted by molar-refractivity contribution is 1.08. The van der Waals surface area contributed by atoms with Gasteiger partial charge < -0.3 is 0 Å². The second-order valence-corrected chi connectivity index (χ2v) is 12.7. The molecule has 220 valence electrons. The minimum Gasteiger partial charge on any atom is -0.208 e. The number of rotatable bonds is 5. The van der Waals surface area contributed by atoms with Crippen LogP contribution in [0.15, 0.2) is 164 Å². The molecule has 0 unspecified atom stereocenters. The molecule has 0 aliphatic heterocycles. The molecule has 2 heterocycles. The molecule has 4 heteroatoms. The van der Waals surface area contributed by atoms with Gasteiger partial charge in [0.1, 0.15) is 0 Å². The molecule has 0 saturated carbocycles. The zero-order valence-electron chi connectivity index (χ0n) is 25.3. The molecule has 0 radical (unpaired) electrons. The van der Waals surface area contributed by atoms with E-state index in [0.29, 0.717) is 17.5 Å². The molecular weight excluding hydrogens is 591 g/mol. The highest BCUT2D eigenvalue weighted by Gasteiger charge is 2.16. The lowest BCUT2D eigenvalue weighted by atomic mass is 9.95. The third kappa shape index (κ3) is 4.96. The summed E-state index contributed by atoms with van der Waals surface area (Å²) in [6.45, 7) is 0. The highest BCUT2D eigenvalue weighted by Crippen LogP contribution is 2.38. The first-order valence-electron chi connectivity index (χ1n) is 15.7. The van der Waals surface area contributed by atoms with Crippen LogP contribution in [-0.2, 0) is 0 Å². The van der Waals surface area contributed by atoms with E-state index in [1.807, 2.05) is 29.5 Å². The largest absolute Gasteiger partial charge is 0.208 e. The number of thiophene rings is 1. The summed E-state index contributed by atoms with van der Waals surface area (Å²) in [5.41, 5.74) is 7.55. The Hall–Kier alpha value is -5.97. The topological polar surface area (TPSA) is 38.7 Å². The van der Waals surface area contributed by atoms with Crippen molar-refractivity contribution in [1.29, 1.82) is 0 Å². The Morgan fingerprint density at radius 3 is 1.64 bits per heavy atom. The van der Waals surface area contributed by atoms with Gasteiger partial charge in [0, 0.05) is 36.9 Å². The van der Waals surface area contributed by atoms with Crippen LogP contribution in [0.5, 0.6) is 0 Å². The third-order valence-corrected chi connectivity index (χ3v) is 9.88. The second kappa shape index (κ2) is 11.4. The molecule has 9 rings (SSSR count). The third-order valence-electron chi connectivity index (χ3n) is 8.75. The summed E-state index contributed by atoms with van der Waals surface area (Å²) < 4.78 is 2.60. The Bertz CT molecular complexity index is 2570. The van der Waals surface area contributed by atoms with Gasteiger partial charge in [-0.05, 0) is 51.2 Å². The smallest absolute Gasteiger partial charge is 0.164 e. The first-order chi connectivity index (χ1) is 23.3. The Morgan fingerprint density at radius 2 is 0.830 bits per heavy atom. The molecule has 0 aliphatic carbocycles. The van der Waals surface area contributed by atoms with Crippen LogP contribution in [0.4, 0.5) is 0 Å². The Labute approximate surface area is 276 Å². The molecular formula is C43H27N3S. The van der Waals surface area contributed by atoms with Gasteiger partial charge in [0.15, 0.2) is 17.5 Å². The minimum atomic E-state index is 0.648. The average molecular weight is 618 g/mol. The van der Waals surface area contributed by atoms with Crippen LogP contribution in [-0.4, -0.2) is 15.0 Å². The molecule has 0 fully saturated rings. The summed E-state index contributed by atoms with van der Waals surface area (Å²) in [5.74, 6) is 1.95. The molecule has 47 heavy (non-hydrogen) atoms. The van der Waals surface area contributed by atoms with Gasteiger partial charge in [0.05, 0.1) is 0 Å². The molecule has 3 nitrogen and oxygen atoms in total. The van der Waals surface area contributed by atoms with Gasteiger partial charge in [-0.15, -0.1) is 11.3 Å². The molecule has 2 aromatic heterocycles. The summed E-state index contributed by atoms with van der Waals surface area (Å²) >= 11 is 1.84. The van der Waals surface area contributed by atoms with Crippen LogP contribution < -0.4 is 0 Å². The Morgan fingerprint density at radius 1 is 0.298 bits per heavy atom. The lowest BCUT2D eigenvalue weighted by Gasteiger charge is -2.13. The number of benzene rings is 7. The van der Waals surface area contributed by atoms with Crippen molar-refractivity contribution in [1.82, 2.24) is 15.0 Å². The molecule has 0 bridgehead atoms. The molecule has 0 aliphatic rings. The number of nitrogens with zero attached hydrogens (tertiary/aromatic N) is 3. The zero-order valence-corrected chi connectivity index (χ0v) is 26.2. The van der Waals surface area contributed by atoms with Gasteiger partial charge in [0.2, 0.25) is 0 Å². The van der Waals surface area contributed by atoms with Crippen LogP contribution in [0.1, 0.15) is 0 Å². The van der Waals surface area contributed by atoms with Gasteiger partial charge in [-0.2, -0.15) is 0 Å². The predicted molar refractivity (Wildman–Crippen MR) is 197 cm³/mol. The van der Waals surface area contributed by atoms with Gasteiger partial charge in [-0.25, -0.2) is 15.0 Å². The van der Waals surface area contributed by atoms with Crippen LogP contribution >= 0.6 is 11.3 Å². The van der Waals surface area contributed by atoms with Crippen molar-refractivity contribution in [2.24, 2.45) is 0 Å². The molecule has 0 spiro atoms. The number of hydrogen-bond donors (Lipinski definition) is 0. The van der Waals surface area contributed by atoms with Gasteiger partial charge in [-0.3, -0.25) is 0 Å². The van der Waals surface area contributed by atoms with Crippen molar-refractivity contribution >= 4 is 42.3 Å². The van der Waals surface area contributed by atoms with E-state index in [2.05, 4.69) is 146 Å². The van der Waals surface area contributed by atoms with Crippen molar-refractivity contribution in [3.8, 4) is 56.4 Å². The van der Waals surface area contributed by atoms with E-state index in [-0.39, 0.29) is 0 Å². The fraction of sp³-hybridized carbons (Fsp3) is 0. The Kier molecular flexibility index (Phi) is 6.65. The van der Waals surface area contributed by atoms with E-state index >= 15 is 0 Å². The van der Waals surface area contributed by atoms with E-state index in [1.165, 1.54) is 36.9 Å². The van der Waals surface area contributed by atoms with E-state index in [0.717, 1.165) is 33.0 Å². The normalized spacial score (nSPS) is 11.4. The van der Waals surface area contributed by atoms with E-state index < -0.39 is 0 Å². The summed E-state index contributed by atoms with van der Waals surface area (Å²) in [7, 11) is 0. The first-order valence-corrected chi connectivity index (χ1v) is 16.5. The van der Waals surface area contributed by atoms with Crippen molar-refractivity contribution in [2.75, 3.05) is 0 Å². The molecule has 0 amide bonds. The maximum absolute atomic E-state index is 5.15. The maximum Gasteiger partial charge on any atom is 0.164 e. The Balaban J connectivity index is 1.20. The molecule has 0 N–H and O–H groups in total. The van der Waals surface area contributed by atoms with Crippen LogP contribution in [0.25, 0.3) is 87.4 Å². The maximum atomic E-state index is 5.15. The molecule has 7 aromatic carbocycles. The summed E-state index contributed by atoms with van der Waals surface area (Å²) in [5, 5.41) is 4.88.